The summed E-state index contributed by atoms with van der Waals surface area (Å²) >= 11 is 0. The van der Waals surface area contributed by atoms with E-state index in [1.807, 2.05) is 6.92 Å². The second-order valence-electron chi connectivity index (χ2n) is 7.76. The van der Waals surface area contributed by atoms with Crippen LogP contribution in [0.1, 0.15) is 30.9 Å². The fourth-order valence-electron chi connectivity index (χ4n) is 4.06. The molecule has 7 nitrogen and oxygen atoms in total. The van der Waals surface area contributed by atoms with Crippen molar-refractivity contribution in [3.8, 4) is 0 Å². The zero-order valence-corrected chi connectivity index (χ0v) is 17.0. The molecule has 154 valence electrons. The van der Waals surface area contributed by atoms with Gasteiger partial charge in [0.25, 0.3) is 0 Å². The summed E-state index contributed by atoms with van der Waals surface area (Å²) in [5, 5.41) is 2.67. The molecule has 0 saturated carbocycles. The number of hydrogen-bond donors (Lipinski definition) is 1. The van der Waals surface area contributed by atoms with Crippen LogP contribution in [0.25, 0.3) is 0 Å². The van der Waals surface area contributed by atoms with Gasteiger partial charge in [0.2, 0.25) is 0 Å². The number of ether oxygens (including phenoxy) is 1. The molecule has 1 aromatic carbocycles. The van der Waals surface area contributed by atoms with Gasteiger partial charge in [0.15, 0.2) is 0 Å². The lowest BCUT2D eigenvalue weighted by Gasteiger charge is -2.38. The highest BCUT2D eigenvalue weighted by atomic mass is 19.1. The Kier molecular flexibility index (Phi) is 5.36. The van der Waals surface area contributed by atoms with Gasteiger partial charge in [0.05, 0.1) is 30.1 Å². The fourth-order valence-corrected chi connectivity index (χ4v) is 4.06. The van der Waals surface area contributed by atoms with E-state index >= 15 is 0 Å². The summed E-state index contributed by atoms with van der Waals surface area (Å²) in [5.74, 6) is 1.15. The third-order valence-corrected chi connectivity index (χ3v) is 5.27. The lowest BCUT2D eigenvalue weighted by molar-refractivity contribution is -0.00557. The van der Waals surface area contributed by atoms with E-state index in [1.165, 1.54) is 6.07 Å². The number of aromatic nitrogens is 2. The first kappa shape index (κ1) is 19.6. The first-order chi connectivity index (χ1) is 13.9. The summed E-state index contributed by atoms with van der Waals surface area (Å²) < 4.78 is 19.8. The maximum atomic E-state index is 13.9. The summed E-state index contributed by atoms with van der Waals surface area (Å²) in [5.41, 5.74) is 2.13. The summed E-state index contributed by atoms with van der Waals surface area (Å²) in [7, 11) is 0. The third kappa shape index (κ3) is 4.17. The van der Waals surface area contributed by atoms with Gasteiger partial charge >= 0.3 is 6.03 Å². The summed E-state index contributed by atoms with van der Waals surface area (Å²) in [6.45, 7) is 8.41. The quantitative estimate of drug-likeness (QED) is 0.840. The molecule has 2 aliphatic rings. The molecule has 0 spiro atoms. The van der Waals surface area contributed by atoms with Crippen LogP contribution in [0.3, 0.4) is 0 Å². The van der Waals surface area contributed by atoms with Crippen molar-refractivity contribution in [2.24, 2.45) is 0 Å². The Balaban J connectivity index is 1.58. The number of para-hydroxylation sites is 1. The maximum absolute atomic E-state index is 13.9. The summed E-state index contributed by atoms with van der Waals surface area (Å²) in [6, 6.07) is 5.85. The van der Waals surface area contributed by atoms with Crippen molar-refractivity contribution in [2.75, 3.05) is 29.9 Å². The molecule has 2 aliphatic heterocycles. The van der Waals surface area contributed by atoms with E-state index in [-0.39, 0.29) is 23.9 Å². The van der Waals surface area contributed by atoms with Crippen molar-refractivity contribution in [3.63, 3.8) is 0 Å². The molecule has 8 heteroatoms. The number of carbonyl (C=O) groups excluding carboxylic acids is 1. The van der Waals surface area contributed by atoms with E-state index in [0.29, 0.717) is 19.5 Å². The standard InChI is InChI=1S/C21H26FN5O2/c1-13-10-27(11-14(2)29-13)20-16-12-26(9-8-18(16)23-15(3)24-20)21(28)25-19-7-5-4-6-17(19)22/h4-7,13-14H,8-12H2,1-3H3,(H,25,28)/t13-,14-/m1/s1. The molecule has 0 aliphatic carbocycles. The molecule has 1 aromatic heterocycles. The monoisotopic (exact) mass is 399 g/mol. The molecule has 29 heavy (non-hydrogen) atoms. The Bertz CT molecular complexity index is 912. The predicted octanol–water partition coefficient (Wildman–Crippen LogP) is 3.13. The fraction of sp³-hybridized carbons (Fsp3) is 0.476. The topological polar surface area (TPSA) is 70.6 Å². The minimum absolute atomic E-state index is 0.105. The Labute approximate surface area is 169 Å². The Morgan fingerprint density at radius 3 is 2.66 bits per heavy atom. The lowest BCUT2D eigenvalue weighted by Crippen LogP contribution is -2.47. The average molecular weight is 399 g/mol. The van der Waals surface area contributed by atoms with Crippen molar-refractivity contribution in [1.29, 1.82) is 0 Å². The highest BCUT2D eigenvalue weighted by Crippen LogP contribution is 2.29. The van der Waals surface area contributed by atoms with Crippen LogP contribution in [0.5, 0.6) is 0 Å². The number of halogens is 1. The van der Waals surface area contributed by atoms with Crippen molar-refractivity contribution < 1.29 is 13.9 Å². The smallest absolute Gasteiger partial charge is 0.322 e. The zero-order chi connectivity index (χ0) is 20.5. The number of fused-ring (bicyclic) bond motifs is 1. The van der Waals surface area contributed by atoms with Gasteiger partial charge in [-0.1, -0.05) is 12.1 Å². The molecule has 2 aromatic rings. The summed E-state index contributed by atoms with van der Waals surface area (Å²) in [6.07, 6.45) is 0.855. The largest absolute Gasteiger partial charge is 0.372 e. The maximum Gasteiger partial charge on any atom is 0.322 e. The number of hydrogen-bond acceptors (Lipinski definition) is 5. The van der Waals surface area contributed by atoms with Gasteiger partial charge in [0.1, 0.15) is 17.5 Å². The first-order valence-corrected chi connectivity index (χ1v) is 9.98. The van der Waals surface area contributed by atoms with Crippen molar-refractivity contribution in [1.82, 2.24) is 14.9 Å². The number of anilines is 2. The Morgan fingerprint density at radius 2 is 1.93 bits per heavy atom. The molecule has 0 unspecified atom stereocenters. The van der Waals surface area contributed by atoms with Crippen LogP contribution in [0, 0.1) is 12.7 Å². The number of amides is 2. The Morgan fingerprint density at radius 1 is 1.21 bits per heavy atom. The van der Waals surface area contributed by atoms with E-state index in [9.17, 15) is 9.18 Å². The van der Waals surface area contributed by atoms with Crippen LogP contribution < -0.4 is 10.2 Å². The van der Waals surface area contributed by atoms with Gasteiger partial charge in [-0.2, -0.15) is 0 Å². The molecule has 4 rings (SSSR count). The van der Waals surface area contributed by atoms with E-state index in [1.54, 1.807) is 23.1 Å². The van der Waals surface area contributed by atoms with E-state index < -0.39 is 5.82 Å². The van der Waals surface area contributed by atoms with Crippen LogP contribution in [0.2, 0.25) is 0 Å². The highest BCUT2D eigenvalue weighted by molar-refractivity contribution is 5.89. The van der Waals surface area contributed by atoms with E-state index in [2.05, 4.69) is 29.0 Å². The Hall–Kier alpha value is -2.74. The normalized spacial score (nSPS) is 21.7. The van der Waals surface area contributed by atoms with Crippen molar-refractivity contribution >= 4 is 17.5 Å². The predicted molar refractivity (Wildman–Crippen MR) is 109 cm³/mol. The van der Waals surface area contributed by atoms with Gasteiger partial charge in [-0.05, 0) is 32.9 Å². The number of rotatable bonds is 2. The third-order valence-electron chi connectivity index (χ3n) is 5.27. The molecule has 2 atom stereocenters. The van der Waals surface area contributed by atoms with Crippen LogP contribution in [0.4, 0.5) is 20.7 Å². The van der Waals surface area contributed by atoms with Crippen molar-refractivity contribution in [2.45, 2.75) is 45.9 Å². The average Bonchev–Trinajstić information content (AvgIpc) is 2.68. The molecule has 2 amide bonds. The van der Waals surface area contributed by atoms with Gasteiger partial charge in [-0.25, -0.2) is 19.2 Å². The van der Waals surface area contributed by atoms with Gasteiger partial charge in [-0.3, -0.25) is 0 Å². The minimum atomic E-state index is -0.450. The lowest BCUT2D eigenvalue weighted by atomic mass is 10.0. The molecular weight excluding hydrogens is 373 g/mol. The van der Waals surface area contributed by atoms with Crippen LogP contribution in [0.15, 0.2) is 24.3 Å². The van der Waals surface area contributed by atoms with Crippen LogP contribution in [-0.4, -0.2) is 52.7 Å². The highest BCUT2D eigenvalue weighted by Gasteiger charge is 2.30. The summed E-state index contributed by atoms with van der Waals surface area (Å²) in [4.78, 5) is 26.0. The number of carbonyl (C=O) groups is 1. The molecular formula is C21H26FN5O2. The molecule has 1 fully saturated rings. The number of urea groups is 1. The minimum Gasteiger partial charge on any atom is -0.372 e. The van der Waals surface area contributed by atoms with Gasteiger partial charge in [-0.15, -0.1) is 0 Å². The van der Waals surface area contributed by atoms with E-state index in [4.69, 9.17) is 9.72 Å². The van der Waals surface area contributed by atoms with Gasteiger partial charge < -0.3 is 19.9 Å². The van der Waals surface area contributed by atoms with Gasteiger partial charge in [0, 0.05) is 31.6 Å². The molecule has 0 radical (unpaired) electrons. The molecule has 1 N–H and O–H groups in total. The van der Waals surface area contributed by atoms with Crippen LogP contribution in [-0.2, 0) is 17.7 Å². The zero-order valence-electron chi connectivity index (χ0n) is 17.0. The van der Waals surface area contributed by atoms with E-state index in [0.717, 1.165) is 36.0 Å². The molecule has 1 saturated heterocycles. The second-order valence-corrected chi connectivity index (χ2v) is 7.76. The SMILES string of the molecule is Cc1nc2c(c(N3C[C@@H](C)O[C@H](C)C3)n1)CN(C(=O)Nc1ccccc1F)CC2. The molecule has 3 heterocycles. The number of benzene rings is 1. The van der Waals surface area contributed by atoms with Crippen molar-refractivity contribution in [3.05, 3.63) is 47.2 Å². The number of nitrogens with zero attached hydrogens (tertiary/aromatic N) is 4. The second kappa shape index (κ2) is 7.94. The number of nitrogens with one attached hydrogen (secondary N) is 1. The number of aryl methyl sites for hydroxylation is 1. The first-order valence-electron chi connectivity index (χ1n) is 9.98. The number of morpholine rings is 1. The van der Waals surface area contributed by atoms with Crippen LogP contribution >= 0.6 is 0 Å². The molecule has 0 bridgehead atoms.